The number of benzene rings is 2. The summed E-state index contributed by atoms with van der Waals surface area (Å²) >= 11 is 0. The van der Waals surface area contributed by atoms with Crippen molar-refractivity contribution >= 4 is 0 Å². The number of hydrogen-bond donors (Lipinski definition) is 1. The molecule has 0 aliphatic rings. The maximum absolute atomic E-state index is 9.56. The van der Waals surface area contributed by atoms with Crippen molar-refractivity contribution in [3.8, 4) is 17.6 Å². The zero-order chi connectivity index (χ0) is 15.2. The highest BCUT2D eigenvalue weighted by Gasteiger charge is 2.06. The zero-order valence-electron chi connectivity index (χ0n) is 12.0. The van der Waals surface area contributed by atoms with Crippen LogP contribution in [0.3, 0.4) is 0 Å². The van der Waals surface area contributed by atoms with Crippen molar-refractivity contribution in [2.24, 2.45) is 0 Å². The minimum Gasteiger partial charge on any atom is -0.495 e. The third kappa shape index (κ3) is 3.74. The van der Waals surface area contributed by atoms with E-state index in [0.717, 1.165) is 11.1 Å². The number of aliphatic hydroxyl groups excluding tert-OH is 1. The summed E-state index contributed by atoms with van der Waals surface area (Å²) in [6.45, 7) is 2.08. The van der Waals surface area contributed by atoms with Crippen LogP contribution in [0.15, 0.2) is 42.5 Å². The van der Waals surface area contributed by atoms with Crippen LogP contribution in [0.1, 0.15) is 29.7 Å². The molecule has 2 aromatic carbocycles. The molecule has 4 heteroatoms. The molecule has 0 spiro atoms. The highest BCUT2D eigenvalue weighted by atomic mass is 16.5. The van der Waals surface area contributed by atoms with E-state index >= 15 is 0 Å². The SMILES string of the molecule is COc1cc(COc2cccc([C@@H](C)O)c2)ccc1C#N. The molecular weight excluding hydrogens is 266 g/mol. The van der Waals surface area contributed by atoms with Crippen LogP contribution >= 0.6 is 0 Å². The quantitative estimate of drug-likeness (QED) is 0.915. The summed E-state index contributed by atoms with van der Waals surface area (Å²) < 4.78 is 10.9. The van der Waals surface area contributed by atoms with Gasteiger partial charge in [0.2, 0.25) is 0 Å². The molecule has 1 N–H and O–H groups in total. The number of hydrogen-bond acceptors (Lipinski definition) is 4. The summed E-state index contributed by atoms with van der Waals surface area (Å²) in [5.74, 6) is 1.23. The molecule has 0 amide bonds. The van der Waals surface area contributed by atoms with E-state index < -0.39 is 6.10 Å². The van der Waals surface area contributed by atoms with Crippen molar-refractivity contribution in [3.63, 3.8) is 0 Å². The van der Waals surface area contributed by atoms with E-state index in [0.29, 0.717) is 23.7 Å². The smallest absolute Gasteiger partial charge is 0.137 e. The Hall–Kier alpha value is -2.51. The van der Waals surface area contributed by atoms with Crippen LogP contribution < -0.4 is 9.47 Å². The molecule has 0 fully saturated rings. The van der Waals surface area contributed by atoms with E-state index in [1.54, 1.807) is 19.1 Å². The van der Waals surface area contributed by atoms with Gasteiger partial charge in [-0.15, -0.1) is 0 Å². The Labute approximate surface area is 124 Å². The Balaban J connectivity index is 2.10. The molecule has 0 saturated carbocycles. The first kappa shape index (κ1) is 14.9. The first-order valence-electron chi connectivity index (χ1n) is 6.62. The van der Waals surface area contributed by atoms with Gasteiger partial charge in [-0.25, -0.2) is 0 Å². The average Bonchev–Trinajstić information content (AvgIpc) is 2.52. The van der Waals surface area contributed by atoms with Crippen LogP contribution in [-0.4, -0.2) is 12.2 Å². The summed E-state index contributed by atoms with van der Waals surface area (Å²) in [6.07, 6.45) is -0.524. The first-order chi connectivity index (χ1) is 10.1. The van der Waals surface area contributed by atoms with E-state index in [1.807, 2.05) is 30.3 Å². The largest absolute Gasteiger partial charge is 0.495 e. The molecule has 1 atom stereocenters. The van der Waals surface area contributed by atoms with Crippen molar-refractivity contribution < 1.29 is 14.6 Å². The molecule has 0 bridgehead atoms. The Kier molecular flexibility index (Phi) is 4.81. The number of ether oxygens (including phenoxy) is 2. The molecule has 108 valence electrons. The van der Waals surface area contributed by atoms with Gasteiger partial charge < -0.3 is 14.6 Å². The van der Waals surface area contributed by atoms with E-state index in [1.165, 1.54) is 7.11 Å². The lowest BCUT2D eigenvalue weighted by Crippen LogP contribution is -1.98. The van der Waals surface area contributed by atoms with Gasteiger partial charge in [-0.2, -0.15) is 5.26 Å². The van der Waals surface area contributed by atoms with Crippen LogP contribution in [0.2, 0.25) is 0 Å². The van der Waals surface area contributed by atoms with Crippen molar-refractivity contribution in [1.29, 1.82) is 5.26 Å². The highest BCUT2D eigenvalue weighted by Crippen LogP contribution is 2.22. The van der Waals surface area contributed by atoms with Crippen LogP contribution in [0.5, 0.6) is 11.5 Å². The van der Waals surface area contributed by atoms with Gasteiger partial charge in [0.1, 0.15) is 24.2 Å². The molecule has 2 rings (SSSR count). The van der Waals surface area contributed by atoms with Crippen molar-refractivity contribution in [2.45, 2.75) is 19.6 Å². The van der Waals surface area contributed by atoms with Crippen LogP contribution in [0, 0.1) is 11.3 Å². The predicted octanol–water partition coefficient (Wildman–Crippen LogP) is 3.20. The number of aliphatic hydroxyl groups is 1. The Morgan fingerprint density at radius 2 is 2.05 bits per heavy atom. The summed E-state index contributed by atoms with van der Waals surface area (Å²) in [6, 6.07) is 14.8. The monoisotopic (exact) mass is 283 g/mol. The zero-order valence-corrected chi connectivity index (χ0v) is 12.0. The normalized spacial score (nSPS) is 11.5. The van der Waals surface area contributed by atoms with Gasteiger partial charge in [0, 0.05) is 0 Å². The maximum atomic E-state index is 9.56. The van der Waals surface area contributed by atoms with Crippen LogP contribution in [0.4, 0.5) is 0 Å². The van der Waals surface area contributed by atoms with Gasteiger partial charge in [-0.05, 0) is 42.3 Å². The van der Waals surface area contributed by atoms with Gasteiger partial charge in [0.05, 0.1) is 18.8 Å². The van der Waals surface area contributed by atoms with Gasteiger partial charge in [0.25, 0.3) is 0 Å². The predicted molar refractivity (Wildman–Crippen MR) is 79.1 cm³/mol. The molecule has 0 radical (unpaired) electrons. The molecule has 0 aliphatic heterocycles. The van der Waals surface area contributed by atoms with E-state index in [9.17, 15) is 5.11 Å². The molecule has 4 nitrogen and oxygen atoms in total. The lowest BCUT2D eigenvalue weighted by molar-refractivity contribution is 0.198. The van der Waals surface area contributed by atoms with Gasteiger partial charge >= 0.3 is 0 Å². The number of methoxy groups -OCH3 is 1. The molecular formula is C17H17NO3. The molecule has 21 heavy (non-hydrogen) atoms. The topological polar surface area (TPSA) is 62.5 Å². The first-order valence-corrected chi connectivity index (χ1v) is 6.62. The molecule has 0 aromatic heterocycles. The fraction of sp³-hybridized carbons (Fsp3) is 0.235. The summed E-state index contributed by atoms with van der Waals surface area (Å²) in [4.78, 5) is 0. The van der Waals surface area contributed by atoms with Gasteiger partial charge in [-0.1, -0.05) is 18.2 Å². The number of nitrogens with zero attached hydrogens (tertiary/aromatic N) is 1. The third-order valence-electron chi connectivity index (χ3n) is 3.13. The van der Waals surface area contributed by atoms with Crippen molar-refractivity contribution in [2.75, 3.05) is 7.11 Å². The maximum Gasteiger partial charge on any atom is 0.137 e. The molecule has 0 aliphatic carbocycles. The molecule has 0 heterocycles. The van der Waals surface area contributed by atoms with E-state index in [-0.39, 0.29) is 0 Å². The average molecular weight is 283 g/mol. The standard InChI is InChI=1S/C17H17NO3/c1-12(19)14-4-3-5-16(9-14)21-11-13-6-7-15(10-18)17(8-13)20-2/h3-9,12,19H,11H2,1-2H3/t12-/m1/s1. The Morgan fingerprint density at radius 1 is 1.24 bits per heavy atom. The minimum absolute atomic E-state index is 0.366. The van der Waals surface area contributed by atoms with Crippen molar-refractivity contribution in [1.82, 2.24) is 0 Å². The lowest BCUT2D eigenvalue weighted by atomic mass is 10.1. The Morgan fingerprint density at radius 3 is 2.71 bits per heavy atom. The van der Waals surface area contributed by atoms with E-state index in [4.69, 9.17) is 14.7 Å². The lowest BCUT2D eigenvalue weighted by Gasteiger charge is -2.10. The summed E-state index contributed by atoms with van der Waals surface area (Å²) in [5, 5.41) is 18.5. The second-order valence-electron chi connectivity index (χ2n) is 4.68. The summed E-state index contributed by atoms with van der Waals surface area (Å²) in [5.41, 5.74) is 2.22. The van der Waals surface area contributed by atoms with E-state index in [2.05, 4.69) is 6.07 Å². The molecule has 0 saturated heterocycles. The molecule has 2 aromatic rings. The van der Waals surface area contributed by atoms with Crippen molar-refractivity contribution in [3.05, 3.63) is 59.2 Å². The number of nitriles is 1. The number of rotatable bonds is 5. The van der Waals surface area contributed by atoms with Gasteiger partial charge in [0.15, 0.2) is 0 Å². The Bertz CT molecular complexity index is 659. The summed E-state index contributed by atoms with van der Waals surface area (Å²) in [7, 11) is 1.53. The van der Waals surface area contributed by atoms with Gasteiger partial charge in [-0.3, -0.25) is 0 Å². The fourth-order valence-electron chi connectivity index (χ4n) is 1.95. The van der Waals surface area contributed by atoms with Crippen LogP contribution in [-0.2, 0) is 6.61 Å². The fourth-order valence-corrected chi connectivity index (χ4v) is 1.95. The molecule has 0 unspecified atom stereocenters. The second kappa shape index (κ2) is 6.78. The second-order valence-corrected chi connectivity index (χ2v) is 4.68. The minimum atomic E-state index is -0.524. The van der Waals surface area contributed by atoms with Crippen LogP contribution in [0.25, 0.3) is 0 Å². The highest BCUT2D eigenvalue weighted by molar-refractivity contribution is 5.45. The third-order valence-corrected chi connectivity index (χ3v) is 3.13.